The van der Waals surface area contributed by atoms with Crippen molar-refractivity contribution in [3.8, 4) is 0 Å². The van der Waals surface area contributed by atoms with E-state index < -0.39 is 27.8 Å². The number of halogens is 3. The predicted octanol–water partition coefficient (Wildman–Crippen LogP) is 0.168. The number of nitrogens with zero attached hydrogens (tertiary/aromatic N) is 2. The molecule has 11 heteroatoms. The summed E-state index contributed by atoms with van der Waals surface area (Å²) in [5.74, 6) is -0.940. The zero-order valence-corrected chi connectivity index (χ0v) is 10.4. The number of aromatic nitrogens is 2. The first-order valence-electron chi connectivity index (χ1n) is 5.04. The first-order chi connectivity index (χ1) is 8.58. The molecule has 1 rings (SSSR count). The number of sulfonamides is 1. The maximum atomic E-state index is 12.4. The summed E-state index contributed by atoms with van der Waals surface area (Å²) in [5, 5.41) is 7.29. The highest BCUT2D eigenvalue weighted by atomic mass is 32.2. The van der Waals surface area contributed by atoms with Crippen LogP contribution in [0, 0.1) is 0 Å². The number of rotatable bonds is 5. The van der Waals surface area contributed by atoms with Gasteiger partial charge in [-0.25, -0.2) is 18.5 Å². The average Bonchev–Trinajstić information content (AvgIpc) is 2.21. The Kier molecular flexibility index (Phi) is 4.52. The first kappa shape index (κ1) is 15.4. The van der Waals surface area contributed by atoms with Crippen molar-refractivity contribution in [2.24, 2.45) is 5.14 Å². The maximum absolute atomic E-state index is 12.4. The van der Waals surface area contributed by atoms with E-state index in [4.69, 9.17) is 10.9 Å². The second kappa shape index (κ2) is 5.57. The molecule has 0 aliphatic heterocycles. The summed E-state index contributed by atoms with van der Waals surface area (Å²) in [5.41, 5.74) is 3.98. The van der Waals surface area contributed by atoms with Gasteiger partial charge in [-0.15, -0.1) is 0 Å². The van der Waals surface area contributed by atoms with Crippen molar-refractivity contribution in [1.29, 1.82) is 0 Å². The van der Waals surface area contributed by atoms with E-state index in [2.05, 4.69) is 15.3 Å². The third kappa shape index (κ3) is 5.70. The number of hydrogen-bond acceptors (Lipinski definition) is 6. The number of nitrogen functional groups attached to an aromatic ring is 1. The van der Waals surface area contributed by atoms with Crippen molar-refractivity contribution in [3.05, 3.63) is 11.8 Å². The van der Waals surface area contributed by atoms with Crippen LogP contribution < -0.4 is 16.2 Å². The lowest BCUT2D eigenvalue weighted by atomic mass is 10.3. The molecule has 0 spiro atoms. The quantitative estimate of drug-likeness (QED) is 0.666. The second-order valence-corrected chi connectivity index (χ2v) is 5.38. The molecule has 5 N–H and O–H groups in total. The van der Waals surface area contributed by atoms with Crippen LogP contribution in [-0.4, -0.2) is 30.7 Å². The minimum Gasteiger partial charge on any atom is -0.370 e. The zero-order valence-electron chi connectivity index (χ0n) is 9.61. The van der Waals surface area contributed by atoms with Gasteiger partial charge in [-0.3, -0.25) is 0 Å². The lowest BCUT2D eigenvalue weighted by molar-refractivity contribution is -0.141. The van der Waals surface area contributed by atoms with E-state index in [9.17, 15) is 21.6 Å². The van der Waals surface area contributed by atoms with E-state index in [1.807, 2.05) is 0 Å². The monoisotopic (exact) mass is 299 g/mol. The number of primary sulfonamides is 1. The second-order valence-electron chi connectivity index (χ2n) is 3.64. The fraction of sp³-hybridized carbons (Fsp3) is 0.500. The van der Waals surface area contributed by atoms with Gasteiger partial charge < -0.3 is 11.1 Å². The average molecular weight is 299 g/mol. The van der Waals surface area contributed by atoms with Crippen LogP contribution in [0.2, 0.25) is 0 Å². The third-order valence-electron chi connectivity index (χ3n) is 1.95. The van der Waals surface area contributed by atoms with Crippen LogP contribution in [-0.2, 0) is 16.2 Å². The molecule has 1 aromatic heterocycles. The Morgan fingerprint density at radius 2 is 1.95 bits per heavy atom. The predicted molar refractivity (Wildman–Crippen MR) is 62.5 cm³/mol. The summed E-state index contributed by atoms with van der Waals surface area (Å²) >= 11 is 0. The minimum absolute atomic E-state index is 0.0875. The van der Waals surface area contributed by atoms with Crippen LogP contribution in [0.4, 0.5) is 24.9 Å². The number of nitrogens with one attached hydrogen (secondary N) is 1. The highest BCUT2D eigenvalue weighted by Gasteiger charge is 2.33. The van der Waals surface area contributed by atoms with E-state index in [0.29, 0.717) is 6.07 Å². The Hall–Kier alpha value is -1.62. The van der Waals surface area contributed by atoms with E-state index in [-0.39, 0.29) is 24.5 Å². The molecule has 1 aromatic rings. The van der Waals surface area contributed by atoms with Crippen molar-refractivity contribution in [3.63, 3.8) is 0 Å². The molecule has 0 saturated heterocycles. The highest BCUT2D eigenvalue weighted by Crippen LogP contribution is 2.29. The molecular weight excluding hydrogens is 287 g/mol. The van der Waals surface area contributed by atoms with Gasteiger partial charge in [0.1, 0.15) is 5.82 Å². The topological polar surface area (TPSA) is 124 Å². The van der Waals surface area contributed by atoms with Gasteiger partial charge in [0.15, 0.2) is 5.69 Å². The molecule has 0 radical (unpaired) electrons. The molecule has 0 atom stereocenters. The minimum atomic E-state index is -4.63. The van der Waals surface area contributed by atoms with Crippen LogP contribution in [0.25, 0.3) is 0 Å². The smallest absolute Gasteiger partial charge is 0.370 e. The molecule has 0 aliphatic rings. The van der Waals surface area contributed by atoms with Crippen LogP contribution in [0.3, 0.4) is 0 Å². The summed E-state index contributed by atoms with van der Waals surface area (Å²) in [4.78, 5) is 6.61. The molecular formula is C8H12F3N5O2S. The summed E-state index contributed by atoms with van der Waals surface area (Å²) in [7, 11) is -3.60. The molecule has 0 aliphatic carbocycles. The van der Waals surface area contributed by atoms with Crippen molar-refractivity contribution >= 4 is 21.8 Å². The van der Waals surface area contributed by atoms with Gasteiger partial charge in [0.25, 0.3) is 0 Å². The fourth-order valence-electron chi connectivity index (χ4n) is 1.19. The molecule has 0 amide bonds. The maximum Gasteiger partial charge on any atom is 0.433 e. The molecule has 7 nitrogen and oxygen atoms in total. The summed E-state index contributed by atoms with van der Waals surface area (Å²) < 4.78 is 58.5. The van der Waals surface area contributed by atoms with E-state index in [1.54, 1.807) is 0 Å². The summed E-state index contributed by atoms with van der Waals surface area (Å²) in [6.07, 6.45) is -4.50. The highest BCUT2D eigenvalue weighted by molar-refractivity contribution is 7.89. The molecule has 0 unspecified atom stereocenters. The third-order valence-corrected chi connectivity index (χ3v) is 2.80. The van der Waals surface area contributed by atoms with Gasteiger partial charge in [0.2, 0.25) is 16.0 Å². The van der Waals surface area contributed by atoms with Crippen molar-refractivity contribution in [1.82, 2.24) is 9.97 Å². The Balaban J connectivity index is 2.67. The molecule has 1 heterocycles. The van der Waals surface area contributed by atoms with Gasteiger partial charge in [0.05, 0.1) is 5.75 Å². The van der Waals surface area contributed by atoms with Crippen LogP contribution >= 0.6 is 0 Å². The molecule has 108 valence electrons. The summed E-state index contributed by atoms with van der Waals surface area (Å²) in [6.45, 7) is 0.0875. The fourth-order valence-corrected chi connectivity index (χ4v) is 1.74. The summed E-state index contributed by atoms with van der Waals surface area (Å²) in [6, 6.07) is 0.688. The van der Waals surface area contributed by atoms with Gasteiger partial charge in [-0.05, 0) is 6.42 Å². The Bertz CT molecular complexity index is 546. The van der Waals surface area contributed by atoms with E-state index in [1.165, 1.54) is 0 Å². The van der Waals surface area contributed by atoms with E-state index >= 15 is 0 Å². The van der Waals surface area contributed by atoms with Crippen molar-refractivity contribution in [2.75, 3.05) is 23.3 Å². The van der Waals surface area contributed by atoms with Gasteiger partial charge in [0, 0.05) is 12.6 Å². The normalized spacial score (nSPS) is 12.4. The van der Waals surface area contributed by atoms with Crippen LogP contribution in [0.1, 0.15) is 12.1 Å². The van der Waals surface area contributed by atoms with E-state index in [0.717, 1.165) is 0 Å². The number of nitrogens with two attached hydrogens (primary N) is 2. The SMILES string of the molecule is Nc1nc(NCCCS(N)(=O)=O)cc(C(F)(F)F)n1. The van der Waals surface area contributed by atoms with Gasteiger partial charge in [-0.1, -0.05) is 0 Å². The number of alkyl halides is 3. The van der Waals surface area contributed by atoms with Gasteiger partial charge in [-0.2, -0.15) is 18.2 Å². The Morgan fingerprint density at radius 1 is 1.32 bits per heavy atom. The number of anilines is 2. The first-order valence-corrected chi connectivity index (χ1v) is 6.75. The molecule has 19 heavy (non-hydrogen) atoms. The number of hydrogen-bond donors (Lipinski definition) is 3. The molecule has 0 aromatic carbocycles. The van der Waals surface area contributed by atoms with Gasteiger partial charge >= 0.3 is 6.18 Å². The molecule has 0 saturated carbocycles. The standard InChI is InChI=1S/C8H12F3N5O2S/c9-8(10,11)5-4-6(16-7(12)15-5)14-2-1-3-19(13,17)18/h4H,1-3H2,(H2,13,17,18)(H3,12,14,15,16). The lowest BCUT2D eigenvalue weighted by Crippen LogP contribution is -2.19. The van der Waals surface area contributed by atoms with Crippen LogP contribution in [0.15, 0.2) is 6.07 Å². The van der Waals surface area contributed by atoms with Crippen LogP contribution in [0.5, 0.6) is 0 Å². The van der Waals surface area contributed by atoms with Crippen molar-refractivity contribution < 1.29 is 21.6 Å². The zero-order chi connectivity index (χ0) is 14.7. The molecule has 0 bridgehead atoms. The lowest BCUT2D eigenvalue weighted by Gasteiger charge is -2.10. The largest absolute Gasteiger partial charge is 0.433 e. The Labute approximate surface area is 107 Å². The molecule has 0 fully saturated rings. The van der Waals surface area contributed by atoms with Crippen molar-refractivity contribution in [2.45, 2.75) is 12.6 Å². The Morgan fingerprint density at radius 3 is 2.47 bits per heavy atom.